The van der Waals surface area contributed by atoms with Crippen LogP contribution in [0.25, 0.3) is 0 Å². The van der Waals surface area contributed by atoms with Gasteiger partial charge in [-0.2, -0.15) is 0 Å². The molecular formula is C30H51N5O2. The summed E-state index contributed by atoms with van der Waals surface area (Å²) in [5, 5.41) is 13.5. The van der Waals surface area contributed by atoms with Gasteiger partial charge in [-0.3, -0.25) is 19.9 Å². The van der Waals surface area contributed by atoms with Crippen molar-refractivity contribution in [3.63, 3.8) is 0 Å². The van der Waals surface area contributed by atoms with Gasteiger partial charge >= 0.3 is 0 Å². The topological polar surface area (TPSA) is 111 Å². The van der Waals surface area contributed by atoms with Gasteiger partial charge in [0.15, 0.2) is 0 Å². The Kier molecular flexibility index (Phi) is 13.7. The van der Waals surface area contributed by atoms with E-state index >= 15 is 0 Å². The Bertz CT molecular complexity index is 804. The van der Waals surface area contributed by atoms with Crippen LogP contribution >= 0.6 is 0 Å². The predicted molar refractivity (Wildman–Crippen MR) is 153 cm³/mol. The van der Waals surface area contributed by atoms with Crippen LogP contribution in [0.4, 0.5) is 0 Å². The number of fused-ring (bicyclic) bond motifs is 1. The molecule has 2 saturated carbocycles. The van der Waals surface area contributed by atoms with Crippen molar-refractivity contribution in [2.75, 3.05) is 13.1 Å². The number of unbranched alkanes of at least 4 members (excludes halogenated alkanes) is 1. The van der Waals surface area contributed by atoms with Crippen molar-refractivity contribution in [3.8, 4) is 0 Å². The van der Waals surface area contributed by atoms with Gasteiger partial charge in [-0.1, -0.05) is 57.9 Å². The Morgan fingerprint density at radius 1 is 1.22 bits per heavy atom. The van der Waals surface area contributed by atoms with Crippen molar-refractivity contribution < 1.29 is 9.59 Å². The van der Waals surface area contributed by atoms with Gasteiger partial charge in [0.1, 0.15) is 0 Å². The first-order valence-electron chi connectivity index (χ1n) is 14.4. The number of likely N-dealkylation sites (tertiary alicyclic amines) is 1. The molecule has 1 heterocycles. The minimum absolute atomic E-state index is 0.0154. The molecule has 2 amide bonds. The summed E-state index contributed by atoms with van der Waals surface area (Å²) in [5.74, 6) is 1.95. The molecule has 1 saturated heterocycles. The highest BCUT2D eigenvalue weighted by Gasteiger charge is 2.43. The highest BCUT2D eigenvalue weighted by Crippen LogP contribution is 2.42. The Morgan fingerprint density at radius 2 is 1.97 bits per heavy atom. The lowest BCUT2D eigenvalue weighted by atomic mass is 9.78. The summed E-state index contributed by atoms with van der Waals surface area (Å²) < 4.78 is 0. The monoisotopic (exact) mass is 513 g/mol. The quantitative estimate of drug-likeness (QED) is 0.0887. The molecule has 5 atom stereocenters. The van der Waals surface area contributed by atoms with Gasteiger partial charge in [-0.25, -0.2) is 0 Å². The van der Waals surface area contributed by atoms with E-state index in [4.69, 9.17) is 11.1 Å². The number of nitrogens with two attached hydrogens (primary N) is 1. The van der Waals surface area contributed by atoms with Crippen molar-refractivity contribution in [1.29, 1.82) is 5.41 Å². The maximum Gasteiger partial charge on any atom is 0.244 e. The van der Waals surface area contributed by atoms with Gasteiger partial charge in [0.05, 0.1) is 5.84 Å². The van der Waals surface area contributed by atoms with Crippen LogP contribution in [0.2, 0.25) is 0 Å². The van der Waals surface area contributed by atoms with Gasteiger partial charge in [0, 0.05) is 43.2 Å². The van der Waals surface area contributed by atoms with E-state index in [1.54, 1.807) is 6.08 Å². The fraction of sp³-hybridized carbons (Fsp3) is 0.700. The largest absolute Gasteiger partial charge is 0.387 e. The molecule has 3 fully saturated rings. The number of nitrogens with one attached hydrogen (secondary N) is 3. The van der Waals surface area contributed by atoms with Crippen molar-refractivity contribution in [2.24, 2.45) is 23.5 Å². The molecule has 2 aliphatic carbocycles. The second kappa shape index (κ2) is 16.4. The van der Waals surface area contributed by atoms with Crippen LogP contribution in [0.5, 0.6) is 0 Å². The van der Waals surface area contributed by atoms with Crippen LogP contribution < -0.4 is 16.4 Å². The van der Waals surface area contributed by atoms with E-state index in [-0.39, 0.29) is 11.8 Å². The maximum atomic E-state index is 11.8. The molecule has 37 heavy (non-hydrogen) atoms. The normalized spacial score (nSPS) is 26.5. The van der Waals surface area contributed by atoms with Crippen LogP contribution in [0.1, 0.15) is 85.0 Å². The van der Waals surface area contributed by atoms with E-state index in [1.807, 2.05) is 18.2 Å². The summed E-state index contributed by atoms with van der Waals surface area (Å²) in [6.45, 7) is 12.3. The minimum atomic E-state index is -0.0154. The van der Waals surface area contributed by atoms with Crippen LogP contribution in [-0.2, 0) is 9.59 Å². The number of carbonyl (C=O) groups is 2. The number of amides is 2. The van der Waals surface area contributed by atoms with Crippen LogP contribution in [-0.4, -0.2) is 54.3 Å². The highest BCUT2D eigenvalue weighted by molar-refractivity contribution is 5.88. The van der Waals surface area contributed by atoms with E-state index in [0.29, 0.717) is 35.8 Å². The first kappa shape index (κ1) is 30.8. The third-order valence-electron chi connectivity index (χ3n) is 8.17. The molecule has 1 aliphatic heterocycles. The number of rotatable bonds is 14. The van der Waals surface area contributed by atoms with E-state index < -0.39 is 0 Å². The summed E-state index contributed by atoms with van der Waals surface area (Å²) in [7, 11) is 0. The van der Waals surface area contributed by atoms with Gasteiger partial charge < -0.3 is 16.4 Å². The number of amidine groups is 1. The molecule has 0 aromatic rings. The molecular weight excluding hydrogens is 462 g/mol. The Morgan fingerprint density at radius 3 is 2.57 bits per heavy atom. The number of allylic oxidation sites excluding steroid dienone is 2. The number of hydrogen-bond acceptors (Lipinski definition) is 4. The van der Waals surface area contributed by atoms with Gasteiger partial charge in [-0.05, 0) is 69.3 Å². The molecule has 3 rings (SSSR count). The lowest BCUT2D eigenvalue weighted by Crippen LogP contribution is -2.43. The highest BCUT2D eigenvalue weighted by atomic mass is 16.1. The summed E-state index contributed by atoms with van der Waals surface area (Å²) in [6, 6.07) is 1.41. The second-order valence-corrected chi connectivity index (χ2v) is 11.1. The summed E-state index contributed by atoms with van der Waals surface area (Å²) in [4.78, 5) is 24.3. The fourth-order valence-electron chi connectivity index (χ4n) is 5.64. The maximum absolute atomic E-state index is 11.8. The Labute approximate surface area is 224 Å². The molecule has 7 nitrogen and oxygen atoms in total. The molecule has 208 valence electrons. The lowest BCUT2D eigenvalue weighted by Gasteiger charge is -2.36. The zero-order valence-corrected chi connectivity index (χ0v) is 23.4. The van der Waals surface area contributed by atoms with E-state index in [1.165, 1.54) is 38.5 Å². The number of carbonyl (C=O) groups excluding carboxylic acids is 2. The van der Waals surface area contributed by atoms with Crippen LogP contribution in [0.3, 0.4) is 0 Å². The van der Waals surface area contributed by atoms with Gasteiger partial charge in [0.2, 0.25) is 12.3 Å². The SMILES string of the molecule is C=C/C(=C\C=C\C(=O)NC1CC1)CN1C(C)CC2CCC(C(=N)N)CC21.CCCCC(CC)CNC=O. The third kappa shape index (κ3) is 10.8. The molecule has 0 aromatic carbocycles. The smallest absolute Gasteiger partial charge is 0.244 e. The van der Waals surface area contributed by atoms with Crippen molar-refractivity contribution in [3.05, 3.63) is 36.5 Å². The van der Waals surface area contributed by atoms with E-state index in [2.05, 4.69) is 42.9 Å². The van der Waals surface area contributed by atoms with Gasteiger partial charge in [0.25, 0.3) is 0 Å². The molecule has 0 aromatic heterocycles. The zero-order valence-electron chi connectivity index (χ0n) is 23.4. The molecule has 7 heteroatoms. The first-order chi connectivity index (χ1) is 17.8. The average molecular weight is 514 g/mol. The average Bonchev–Trinajstić information content (AvgIpc) is 3.65. The molecule has 5 N–H and O–H groups in total. The van der Waals surface area contributed by atoms with Crippen LogP contribution in [0.15, 0.2) is 36.5 Å². The first-order valence-corrected chi connectivity index (χ1v) is 14.4. The van der Waals surface area contributed by atoms with E-state index in [0.717, 1.165) is 50.8 Å². The summed E-state index contributed by atoms with van der Waals surface area (Å²) in [5.41, 5.74) is 6.90. The lowest BCUT2D eigenvalue weighted by molar-refractivity contribution is -0.116. The van der Waals surface area contributed by atoms with Gasteiger partial charge in [-0.15, -0.1) is 0 Å². The summed E-state index contributed by atoms with van der Waals surface area (Å²) in [6.07, 6.45) is 19.7. The van der Waals surface area contributed by atoms with Crippen molar-refractivity contribution >= 4 is 18.2 Å². The molecule has 5 unspecified atom stereocenters. The Balaban J connectivity index is 0.000000371. The van der Waals surface area contributed by atoms with E-state index in [9.17, 15) is 9.59 Å². The van der Waals surface area contributed by atoms with Crippen molar-refractivity contribution in [2.45, 2.75) is 103 Å². The fourth-order valence-corrected chi connectivity index (χ4v) is 5.64. The second-order valence-electron chi connectivity index (χ2n) is 11.1. The number of nitrogens with zero attached hydrogens (tertiary/aromatic N) is 1. The molecule has 0 bridgehead atoms. The van der Waals surface area contributed by atoms with Crippen LogP contribution in [0, 0.1) is 23.2 Å². The molecule has 0 radical (unpaired) electrons. The molecule has 3 aliphatic rings. The minimum Gasteiger partial charge on any atom is -0.387 e. The standard InChI is InChI=1S/C21H32N4O.C9H19NO/c1-3-15(5-4-6-20(26)24-18-9-10-18)13-25-14(2)11-16-7-8-17(21(22)23)12-19(16)25;1-3-5-6-9(4-2)7-10-8-11/h3-6,14,16-19H,1,7-13H2,2H3,(H3,22,23)(H,24,26);8-9H,3-7H2,1-2H3,(H,10,11)/b6-4+,15-5+;. The number of hydrogen-bond donors (Lipinski definition) is 4. The predicted octanol–water partition coefficient (Wildman–Crippen LogP) is 4.70. The third-order valence-corrected chi connectivity index (χ3v) is 8.17. The Hall–Kier alpha value is -2.41. The molecule has 0 spiro atoms. The van der Waals surface area contributed by atoms with Crippen molar-refractivity contribution in [1.82, 2.24) is 15.5 Å². The summed E-state index contributed by atoms with van der Waals surface area (Å²) >= 11 is 0. The zero-order chi connectivity index (χ0) is 27.2.